The lowest BCUT2D eigenvalue weighted by Crippen LogP contribution is -2.38. The van der Waals surface area contributed by atoms with Crippen LogP contribution in [-0.4, -0.2) is 34.1 Å². The maximum atomic E-state index is 12.5. The number of rotatable bonds is 2. The summed E-state index contributed by atoms with van der Waals surface area (Å²) in [5.41, 5.74) is 0.984. The van der Waals surface area contributed by atoms with Crippen LogP contribution >= 0.6 is 0 Å². The highest BCUT2D eigenvalue weighted by Crippen LogP contribution is 2.33. The van der Waals surface area contributed by atoms with Crippen molar-refractivity contribution in [3.63, 3.8) is 0 Å². The minimum atomic E-state index is -0.143. The fraction of sp³-hybridized carbons (Fsp3) is 0.562. The number of phenols is 2. The SMILES string of the molecule is CC1CCN(C(=O)c2cc(C(C)C)c(O)cc2O)CC1. The normalized spacial score (nSPS) is 16.7. The van der Waals surface area contributed by atoms with Gasteiger partial charge in [-0.25, -0.2) is 0 Å². The van der Waals surface area contributed by atoms with Crippen LogP contribution in [-0.2, 0) is 0 Å². The number of carbonyl (C=O) groups is 1. The molecule has 0 saturated carbocycles. The van der Waals surface area contributed by atoms with Gasteiger partial charge in [0.2, 0.25) is 0 Å². The zero-order valence-corrected chi connectivity index (χ0v) is 12.4. The molecule has 0 aromatic heterocycles. The quantitative estimate of drug-likeness (QED) is 0.873. The molecule has 2 rings (SSSR count). The molecule has 0 radical (unpaired) electrons. The largest absolute Gasteiger partial charge is 0.508 e. The van der Waals surface area contributed by atoms with E-state index in [-0.39, 0.29) is 23.3 Å². The van der Waals surface area contributed by atoms with Crippen LogP contribution in [0.2, 0.25) is 0 Å². The second kappa shape index (κ2) is 5.73. The minimum absolute atomic E-state index is 0.0429. The number of benzene rings is 1. The zero-order valence-electron chi connectivity index (χ0n) is 12.4. The summed E-state index contributed by atoms with van der Waals surface area (Å²) in [4.78, 5) is 14.3. The van der Waals surface area contributed by atoms with Gasteiger partial charge in [-0.3, -0.25) is 4.79 Å². The summed E-state index contributed by atoms with van der Waals surface area (Å²) in [6, 6.07) is 2.89. The van der Waals surface area contributed by atoms with E-state index in [0.717, 1.165) is 25.9 Å². The van der Waals surface area contributed by atoms with Crippen molar-refractivity contribution in [1.29, 1.82) is 0 Å². The first-order valence-electron chi connectivity index (χ1n) is 7.25. The van der Waals surface area contributed by atoms with Gasteiger partial charge in [0.15, 0.2) is 0 Å². The Hall–Kier alpha value is -1.71. The van der Waals surface area contributed by atoms with Crippen LogP contribution in [0.25, 0.3) is 0 Å². The zero-order chi connectivity index (χ0) is 14.9. The summed E-state index contributed by atoms with van der Waals surface area (Å²) in [6.45, 7) is 7.55. The van der Waals surface area contributed by atoms with Gasteiger partial charge in [0.05, 0.1) is 5.56 Å². The summed E-state index contributed by atoms with van der Waals surface area (Å²) in [6.07, 6.45) is 2.00. The van der Waals surface area contributed by atoms with Crippen molar-refractivity contribution >= 4 is 5.91 Å². The number of amides is 1. The average molecular weight is 277 g/mol. The number of hydrogen-bond donors (Lipinski definition) is 2. The number of piperidine rings is 1. The molecule has 1 aliphatic rings. The van der Waals surface area contributed by atoms with Gasteiger partial charge in [-0.05, 0) is 36.3 Å². The van der Waals surface area contributed by atoms with Gasteiger partial charge in [-0.15, -0.1) is 0 Å². The summed E-state index contributed by atoms with van der Waals surface area (Å²) in [7, 11) is 0. The molecule has 1 aromatic carbocycles. The van der Waals surface area contributed by atoms with E-state index in [4.69, 9.17) is 0 Å². The first kappa shape index (κ1) is 14.7. The Morgan fingerprint density at radius 2 is 1.80 bits per heavy atom. The van der Waals surface area contributed by atoms with Gasteiger partial charge in [-0.1, -0.05) is 20.8 Å². The fourth-order valence-electron chi connectivity index (χ4n) is 2.61. The van der Waals surface area contributed by atoms with Crippen LogP contribution in [0.3, 0.4) is 0 Å². The maximum absolute atomic E-state index is 12.5. The molecule has 1 saturated heterocycles. The number of carbonyl (C=O) groups excluding carboxylic acids is 1. The van der Waals surface area contributed by atoms with Gasteiger partial charge >= 0.3 is 0 Å². The van der Waals surface area contributed by atoms with E-state index >= 15 is 0 Å². The molecule has 1 aliphatic heterocycles. The third-order valence-corrected chi connectivity index (χ3v) is 4.07. The predicted octanol–water partition coefficient (Wildman–Crippen LogP) is 3.09. The van der Waals surface area contributed by atoms with Crippen LogP contribution in [0.1, 0.15) is 55.5 Å². The molecule has 4 heteroatoms. The second-order valence-corrected chi connectivity index (χ2v) is 6.06. The van der Waals surface area contributed by atoms with E-state index in [1.54, 1.807) is 11.0 Å². The molecule has 0 aliphatic carbocycles. The minimum Gasteiger partial charge on any atom is -0.508 e. The molecule has 0 atom stereocenters. The lowest BCUT2D eigenvalue weighted by molar-refractivity contribution is 0.0694. The Bertz CT molecular complexity index is 503. The van der Waals surface area contributed by atoms with Gasteiger partial charge < -0.3 is 15.1 Å². The molecule has 20 heavy (non-hydrogen) atoms. The van der Waals surface area contributed by atoms with Crippen LogP contribution in [0.15, 0.2) is 12.1 Å². The van der Waals surface area contributed by atoms with Crippen LogP contribution < -0.4 is 0 Å². The number of nitrogens with zero attached hydrogens (tertiary/aromatic N) is 1. The van der Waals surface area contributed by atoms with Crippen LogP contribution in [0, 0.1) is 5.92 Å². The van der Waals surface area contributed by atoms with Crippen molar-refractivity contribution in [3.05, 3.63) is 23.3 Å². The van der Waals surface area contributed by atoms with E-state index in [0.29, 0.717) is 17.0 Å². The van der Waals surface area contributed by atoms with Crippen molar-refractivity contribution in [1.82, 2.24) is 4.90 Å². The van der Waals surface area contributed by atoms with E-state index in [2.05, 4.69) is 6.92 Å². The van der Waals surface area contributed by atoms with Crippen LogP contribution in [0.4, 0.5) is 0 Å². The lowest BCUT2D eigenvalue weighted by Gasteiger charge is -2.30. The summed E-state index contributed by atoms with van der Waals surface area (Å²) in [5, 5.41) is 19.8. The van der Waals surface area contributed by atoms with Crippen molar-refractivity contribution in [3.8, 4) is 11.5 Å². The smallest absolute Gasteiger partial charge is 0.257 e. The lowest BCUT2D eigenvalue weighted by atomic mass is 9.96. The highest BCUT2D eigenvalue weighted by Gasteiger charge is 2.24. The molecule has 0 spiro atoms. The Kier molecular flexibility index (Phi) is 4.21. The van der Waals surface area contributed by atoms with Crippen molar-refractivity contribution in [2.24, 2.45) is 5.92 Å². The molecule has 1 fully saturated rings. The molecular weight excluding hydrogens is 254 g/mol. The first-order chi connectivity index (χ1) is 9.40. The third-order valence-electron chi connectivity index (χ3n) is 4.07. The molecule has 0 bridgehead atoms. The predicted molar refractivity (Wildman–Crippen MR) is 78.2 cm³/mol. The van der Waals surface area contributed by atoms with Gasteiger partial charge in [0, 0.05) is 19.2 Å². The fourth-order valence-corrected chi connectivity index (χ4v) is 2.61. The highest BCUT2D eigenvalue weighted by molar-refractivity contribution is 5.97. The van der Waals surface area contributed by atoms with Crippen LogP contribution in [0.5, 0.6) is 11.5 Å². The summed E-state index contributed by atoms with van der Waals surface area (Å²) >= 11 is 0. The van der Waals surface area contributed by atoms with Gasteiger partial charge in [0.25, 0.3) is 5.91 Å². The number of hydrogen-bond acceptors (Lipinski definition) is 3. The number of likely N-dealkylation sites (tertiary alicyclic amines) is 1. The molecule has 1 amide bonds. The summed E-state index contributed by atoms with van der Waals surface area (Å²) < 4.78 is 0. The highest BCUT2D eigenvalue weighted by atomic mass is 16.3. The topological polar surface area (TPSA) is 60.8 Å². The van der Waals surface area contributed by atoms with Crippen molar-refractivity contribution in [2.45, 2.75) is 39.5 Å². The monoisotopic (exact) mass is 277 g/mol. The third kappa shape index (κ3) is 2.89. The van der Waals surface area contributed by atoms with E-state index in [1.807, 2.05) is 13.8 Å². The molecular formula is C16H23NO3. The molecule has 0 unspecified atom stereocenters. The molecule has 1 heterocycles. The molecule has 110 valence electrons. The molecule has 2 N–H and O–H groups in total. The van der Waals surface area contributed by atoms with E-state index in [9.17, 15) is 15.0 Å². The first-order valence-corrected chi connectivity index (χ1v) is 7.25. The number of aromatic hydroxyl groups is 2. The second-order valence-electron chi connectivity index (χ2n) is 6.06. The van der Waals surface area contributed by atoms with E-state index < -0.39 is 0 Å². The van der Waals surface area contributed by atoms with Crippen molar-refractivity contribution in [2.75, 3.05) is 13.1 Å². The van der Waals surface area contributed by atoms with Gasteiger partial charge in [0.1, 0.15) is 11.5 Å². The average Bonchev–Trinajstić information content (AvgIpc) is 2.38. The Morgan fingerprint density at radius 3 is 2.35 bits per heavy atom. The Morgan fingerprint density at radius 1 is 1.20 bits per heavy atom. The van der Waals surface area contributed by atoms with Gasteiger partial charge in [-0.2, -0.15) is 0 Å². The number of phenolic OH excluding ortho intramolecular Hbond substituents is 2. The maximum Gasteiger partial charge on any atom is 0.257 e. The molecule has 4 nitrogen and oxygen atoms in total. The molecule has 1 aromatic rings. The van der Waals surface area contributed by atoms with E-state index in [1.165, 1.54) is 6.07 Å². The Balaban J connectivity index is 2.27. The van der Waals surface area contributed by atoms with Crippen molar-refractivity contribution < 1.29 is 15.0 Å². The standard InChI is InChI=1S/C16H23NO3/c1-10(2)12-8-13(15(19)9-14(12)18)16(20)17-6-4-11(3)5-7-17/h8-11,18-19H,4-7H2,1-3H3. The Labute approximate surface area is 120 Å². The summed E-state index contributed by atoms with van der Waals surface area (Å²) in [5.74, 6) is 0.510.